The smallest absolute Gasteiger partial charge is 0.335 e. The maximum atomic E-state index is 13.2. The van der Waals surface area contributed by atoms with E-state index in [0.29, 0.717) is 5.69 Å². The highest BCUT2D eigenvalue weighted by Crippen LogP contribution is 2.43. The van der Waals surface area contributed by atoms with E-state index in [1.165, 1.54) is 22.6 Å². The van der Waals surface area contributed by atoms with Crippen LogP contribution in [0.1, 0.15) is 80.3 Å². The fraction of sp³-hybridized carbons (Fsp3) is 0.440. The first-order chi connectivity index (χ1) is 14.3. The van der Waals surface area contributed by atoms with Crippen LogP contribution in [0.3, 0.4) is 0 Å². The summed E-state index contributed by atoms with van der Waals surface area (Å²) in [6.07, 6.45) is 5.18. The summed E-state index contributed by atoms with van der Waals surface area (Å²) in [7, 11) is 0. The molecule has 30 heavy (non-hydrogen) atoms. The molecule has 1 aliphatic heterocycles. The summed E-state index contributed by atoms with van der Waals surface area (Å²) in [5.41, 5.74) is 3.44. The Hall–Kier alpha value is -2.27. The van der Waals surface area contributed by atoms with Gasteiger partial charge in [-0.3, -0.25) is 4.79 Å². The average Bonchev–Trinajstić information content (AvgIpc) is 2.71. The highest BCUT2D eigenvalue weighted by molar-refractivity contribution is 7.99. The number of carbonyl (C=O) groups excluding carboxylic acids is 1. The maximum absolute atomic E-state index is 13.2. The summed E-state index contributed by atoms with van der Waals surface area (Å²) >= 11 is 1.88. The van der Waals surface area contributed by atoms with Crippen LogP contribution in [0.2, 0.25) is 0 Å². The second-order valence-corrected chi connectivity index (χ2v) is 9.79. The molecular weight excluding hydrogens is 394 g/mol. The van der Waals surface area contributed by atoms with Gasteiger partial charge in [-0.15, -0.1) is 11.8 Å². The van der Waals surface area contributed by atoms with Gasteiger partial charge in [0.1, 0.15) is 0 Å². The lowest BCUT2D eigenvalue weighted by atomic mass is 9.80. The number of anilines is 1. The minimum atomic E-state index is -0.972. The molecule has 1 amide bonds. The van der Waals surface area contributed by atoms with Gasteiger partial charge in [0.2, 0.25) is 5.91 Å². The summed E-state index contributed by atoms with van der Waals surface area (Å²) in [5.74, 6) is -0.118. The standard InChI is InChI=1S/C25H31NO3S/c1-4-5-6-7-20(23(27)26-19-11-8-17(9-12-19)24(28)29)18-10-13-21-22(16-18)30-15-14-25(21,2)3/h8-13,16,20H,4-7,14-15H2,1-3H3,(H,26,27)(H,28,29). The van der Waals surface area contributed by atoms with E-state index in [2.05, 4.69) is 44.3 Å². The number of carboxylic acids is 1. The fourth-order valence-corrected chi connectivity index (χ4v) is 5.51. The van der Waals surface area contributed by atoms with Crippen LogP contribution in [0, 0.1) is 0 Å². The van der Waals surface area contributed by atoms with Crippen LogP contribution in [-0.4, -0.2) is 22.7 Å². The molecule has 2 N–H and O–H groups in total. The first kappa shape index (κ1) is 22.4. The van der Waals surface area contributed by atoms with E-state index >= 15 is 0 Å². The third-order valence-corrected chi connectivity index (χ3v) is 6.99. The van der Waals surface area contributed by atoms with Crippen molar-refractivity contribution in [3.8, 4) is 0 Å². The van der Waals surface area contributed by atoms with Gasteiger partial charge >= 0.3 is 5.97 Å². The Morgan fingerprint density at radius 1 is 1.13 bits per heavy atom. The monoisotopic (exact) mass is 425 g/mol. The van der Waals surface area contributed by atoms with Crippen molar-refractivity contribution in [2.45, 2.75) is 69.1 Å². The van der Waals surface area contributed by atoms with Crippen LogP contribution >= 0.6 is 11.8 Å². The van der Waals surface area contributed by atoms with Crippen LogP contribution in [0.5, 0.6) is 0 Å². The zero-order chi connectivity index (χ0) is 21.7. The number of thioether (sulfide) groups is 1. The van der Waals surface area contributed by atoms with Crippen molar-refractivity contribution in [1.82, 2.24) is 0 Å². The zero-order valence-electron chi connectivity index (χ0n) is 18.0. The van der Waals surface area contributed by atoms with E-state index in [4.69, 9.17) is 5.11 Å². The Morgan fingerprint density at radius 3 is 2.53 bits per heavy atom. The topological polar surface area (TPSA) is 66.4 Å². The molecule has 3 rings (SSSR count). The molecule has 0 aromatic heterocycles. The van der Waals surface area contributed by atoms with E-state index < -0.39 is 5.97 Å². The molecule has 0 spiro atoms. The summed E-state index contributed by atoms with van der Waals surface area (Å²) in [6.45, 7) is 6.74. The second-order valence-electron chi connectivity index (χ2n) is 8.66. The number of rotatable bonds is 8. The van der Waals surface area contributed by atoms with Crippen LogP contribution < -0.4 is 5.32 Å². The first-order valence-corrected chi connectivity index (χ1v) is 11.7. The molecule has 1 atom stereocenters. The van der Waals surface area contributed by atoms with Crippen molar-refractivity contribution in [1.29, 1.82) is 0 Å². The maximum Gasteiger partial charge on any atom is 0.335 e. The van der Waals surface area contributed by atoms with Crippen molar-refractivity contribution in [3.05, 3.63) is 59.2 Å². The number of benzene rings is 2. The summed E-state index contributed by atoms with van der Waals surface area (Å²) < 4.78 is 0. The highest BCUT2D eigenvalue weighted by Gasteiger charge is 2.29. The molecule has 0 aliphatic carbocycles. The number of carbonyl (C=O) groups is 2. The van der Waals surface area contributed by atoms with Crippen LogP contribution in [-0.2, 0) is 10.2 Å². The van der Waals surface area contributed by atoms with E-state index in [1.54, 1.807) is 12.1 Å². The Balaban J connectivity index is 1.83. The third-order valence-electron chi connectivity index (χ3n) is 5.93. The van der Waals surface area contributed by atoms with E-state index in [-0.39, 0.29) is 22.8 Å². The first-order valence-electron chi connectivity index (χ1n) is 10.7. The van der Waals surface area contributed by atoms with Crippen molar-refractivity contribution < 1.29 is 14.7 Å². The van der Waals surface area contributed by atoms with Crippen molar-refractivity contribution in [2.75, 3.05) is 11.1 Å². The predicted molar refractivity (Wildman–Crippen MR) is 124 cm³/mol. The molecule has 0 bridgehead atoms. The number of hydrogen-bond donors (Lipinski definition) is 2. The van der Waals surface area contributed by atoms with Crippen LogP contribution in [0.15, 0.2) is 47.4 Å². The number of hydrogen-bond acceptors (Lipinski definition) is 3. The molecule has 1 aliphatic rings. The molecule has 2 aromatic carbocycles. The van der Waals surface area contributed by atoms with Gasteiger partial charge in [-0.2, -0.15) is 0 Å². The molecule has 160 valence electrons. The number of amides is 1. The predicted octanol–water partition coefficient (Wildman–Crippen LogP) is 6.46. The van der Waals surface area contributed by atoms with Gasteiger partial charge in [-0.1, -0.05) is 52.2 Å². The Morgan fingerprint density at radius 2 is 1.87 bits per heavy atom. The van der Waals surface area contributed by atoms with Gasteiger partial charge < -0.3 is 10.4 Å². The molecule has 5 heteroatoms. The minimum Gasteiger partial charge on any atom is -0.478 e. The largest absolute Gasteiger partial charge is 0.478 e. The lowest BCUT2D eigenvalue weighted by Crippen LogP contribution is -2.24. The van der Waals surface area contributed by atoms with E-state index in [0.717, 1.165) is 43.4 Å². The van der Waals surface area contributed by atoms with E-state index in [1.807, 2.05) is 11.8 Å². The summed E-state index contributed by atoms with van der Waals surface area (Å²) in [4.78, 5) is 25.5. The molecule has 0 radical (unpaired) electrons. The van der Waals surface area contributed by atoms with Gasteiger partial charge in [0.15, 0.2) is 0 Å². The summed E-state index contributed by atoms with van der Waals surface area (Å²) in [5, 5.41) is 12.1. The van der Waals surface area contributed by atoms with Gasteiger partial charge in [-0.05, 0) is 65.5 Å². The Bertz CT molecular complexity index is 905. The summed E-state index contributed by atoms with van der Waals surface area (Å²) in [6, 6.07) is 12.9. The van der Waals surface area contributed by atoms with Gasteiger partial charge in [0.05, 0.1) is 11.5 Å². The molecule has 4 nitrogen and oxygen atoms in total. The zero-order valence-corrected chi connectivity index (χ0v) is 18.8. The number of aromatic carboxylic acids is 1. The molecule has 1 heterocycles. The second kappa shape index (κ2) is 9.69. The van der Waals surface area contributed by atoms with Crippen molar-refractivity contribution in [3.63, 3.8) is 0 Å². The molecule has 1 unspecified atom stereocenters. The molecule has 0 saturated heterocycles. The lowest BCUT2D eigenvalue weighted by Gasteiger charge is -2.32. The molecule has 0 saturated carbocycles. The Kier molecular flexibility index (Phi) is 7.24. The lowest BCUT2D eigenvalue weighted by molar-refractivity contribution is -0.117. The number of carboxylic acid groups (broad SMARTS) is 1. The SMILES string of the molecule is CCCCCC(C(=O)Nc1ccc(C(=O)O)cc1)c1ccc2c(c1)SCCC2(C)C. The molecular formula is C25H31NO3S. The van der Waals surface area contributed by atoms with Crippen LogP contribution in [0.25, 0.3) is 0 Å². The average molecular weight is 426 g/mol. The van der Waals surface area contributed by atoms with Crippen molar-refractivity contribution >= 4 is 29.3 Å². The minimum absolute atomic E-state index is 0.0332. The highest BCUT2D eigenvalue weighted by atomic mass is 32.2. The van der Waals surface area contributed by atoms with Gasteiger partial charge in [-0.25, -0.2) is 4.79 Å². The number of fused-ring (bicyclic) bond motifs is 1. The van der Waals surface area contributed by atoms with Gasteiger partial charge in [0, 0.05) is 10.6 Å². The van der Waals surface area contributed by atoms with Gasteiger partial charge in [0.25, 0.3) is 0 Å². The third kappa shape index (κ3) is 5.25. The normalized spacial score (nSPS) is 15.8. The number of unbranched alkanes of at least 4 members (excludes halogenated alkanes) is 2. The quantitative estimate of drug-likeness (QED) is 0.476. The van der Waals surface area contributed by atoms with E-state index in [9.17, 15) is 9.59 Å². The number of nitrogens with one attached hydrogen (secondary N) is 1. The Labute approximate surface area is 183 Å². The molecule has 2 aromatic rings. The van der Waals surface area contributed by atoms with Crippen LogP contribution in [0.4, 0.5) is 5.69 Å². The van der Waals surface area contributed by atoms with Crippen molar-refractivity contribution in [2.24, 2.45) is 0 Å². The molecule has 0 fully saturated rings. The fourth-order valence-electron chi connectivity index (χ4n) is 3.96.